The molecule has 0 atom stereocenters. The zero-order valence-electron chi connectivity index (χ0n) is 11.3. The number of hydrogen-bond donors (Lipinski definition) is 1. The molecule has 0 fully saturated rings. The van der Waals surface area contributed by atoms with Gasteiger partial charge in [-0.15, -0.1) is 0 Å². The molecular weight excluding hydrogens is 280 g/mol. The van der Waals surface area contributed by atoms with Gasteiger partial charge in [0.05, 0.1) is 5.69 Å². The second-order valence-corrected chi connectivity index (χ2v) is 5.14. The molecule has 4 heteroatoms. The highest BCUT2D eigenvalue weighted by Crippen LogP contribution is 2.08. The summed E-state index contributed by atoms with van der Waals surface area (Å²) in [7, 11) is 0. The van der Waals surface area contributed by atoms with Gasteiger partial charge in [0.25, 0.3) is 5.56 Å². The summed E-state index contributed by atoms with van der Waals surface area (Å²) in [6, 6.07) is 19.4. The highest BCUT2D eigenvalue weighted by Gasteiger charge is 2.07. The molecule has 3 nitrogen and oxygen atoms in total. The highest BCUT2D eigenvalue weighted by atomic mass is 32.1. The van der Waals surface area contributed by atoms with Crippen LogP contribution in [-0.4, -0.2) is 9.55 Å². The van der Waals surface area contributed by atoms with Gasteiger partial charge < -0.3 is 4.98 Å². The van der Waals surface area contributed by atoms with Gasteiger partial charge in [0.15, 0.2) is 4.77 Å². The van der Waals surface area contributed by atoms with E-state index in [1.165, 1.54) is 4.57 Å². The van der Waals surface area contributed by atoms with E-state index in [-0.39, 0.29) is 5.56 Å². The Morgan fingerprint density at radius 1 is 0.952 bits per heavy atom. The third-order valence-electron chi connectivity index (χ3n) is 3.30. The van der Waals surface area contributed by atoms with Crippen molar-refractivity contribution in [2.75, 3.05) is 0 Å². The molecule has 3 aromatic rings. The molecule has 0 bridgehead atoms. The molecule has 0 unspecified atom stereocenters. The van der Waals surface area contributed by atoms with Crippen LogP contribution < -0.4 is 5.56 Å². The van der Waals surface area contributed by atoms with Gasteiger partial charge in [-0.1, -0.05) is 48.5 Å². The third-order valence-corrected chi connectivity index (χ3v) is 3.60. The lowest BCUT2D eigenvalue weighted by Gasteiger charge is -2.08. The predicted octanol–water partition coefficient (Wildman–Crippen LogP) is 3.49. The molecule has 1 aromatic heterocycles. The van der Waals surface area contributed by atoms with Crippen molar-refractivity contribution >= 4 is 12.2 Å². The van der Waals surface area contributed by atoms with Gasteiger partial charge in [0.1, 0.15) is 0 Å². The maximum Gasteiger partial charge on any atom is 0.262 e. The fourth-order valence-electron chi connectivity index (χ4n) is 2.26. The largest absolute Gasteiger partial charge is 0.338 e. The zero-order chi connectivity index (χ0) is 14.7. The number of hydrogen-bond acceptors (Lipinski definition) is 2. The first kappa shape index (κ1) is 13.5. The Morgan fingerprint density at radius 2 is 1.57 bits per heavy atom. The van der Waals surface area contributed by atoms with Crippen LogP contribution in [0.1, 0.15) is 11.1 Å². The second kappa shape index (κ2) is 5.89. The SMILES string of the molecule is O=c1c(Cc2ccccc2)c[nH]c(=S)n1-c1ccccc1. The van der Waals surface area contributed by atoms with E-state index in [1.54, 1.807) is 6.20 Å². The molecule has 104 valence electrons. The van der Waals surface area contributed by atoms with Crippen LogP contribution in [0.3, 0.4) is 0 Å². The summed E-state index contributed by atoms with van der Waals surface area (Å²) in [5.41, 5.74) is 2.49. The summed E-state index contributed by atoms with van der Waals surface area (Å²) in [6.07, 6.45) is 2.29. The molecule has 0 radical (unpaired) electrons. The van der Waals surface area contributed by atoms with E-state index < -0.39 is 0 Å². The monoisotopic (exact) mass is 294 g/mol. The van der Waals surface area contributed by atoms with Crippen molar-refractivity contribution in [2.24, 2.45) is 0 Å². The fraction of sp³-hybridized carbons (Fsp3) is 0.0588. The molecule has 0 aliphatic rings. The van der Waals surface area contributed by atoms with Crippen LogP contribution in [0, 0.1) is 4.77 Å². The Balaban J connectivity index is 2.09. The van der Waals surface area contributed by atoms with Crippen LogP contribution in [0.5, 0.6) is 0 Å². The normalized spacial score (nSPS) is 10.5. The predicted molar refractivity (Wildman–Crippen MR) is 86.5 cm³/mol. The van der Waals surface area contributed by atoms with E-state index in [2.05, 4.69) is 4.98 Å². The van der Waals surface area contributed by atoms with Crippen molar-refractivity contribution in [1.29, 1.82) is 0 Å². The van der Waals surface area contributed by atoms with Gasteiger partial charge >= 0.3 is 0 Å². The Kier molecular flexibility index (Phi) is 3.79. The number of aromatic amines is 1. The molecule has 0 aliphatic heterocycles. The van der Waals surface area contributed by atoms with E-state index in [4.69, 9.17) is 12.2 Å². The highest BCUT2D eigenvalue weighted by molar-refractivity contribution is 7.71. The lowest BCUT2D eigenvalue weighted by Crippen LogP contribution is -2.24. The van der Waals surface area contributed by atoms with E-state index in [0.717, 1.165) is 11.3 Å². The minimum atomic E-state index is -0.0752. The summed E-state index contributed by atoms with van der Waals surface area (Å²) >= 11 is 5.25. The van der Waals surface area contributed by atoms with Gasteiger partial charge in [0, 0.05) is 18.2 Å². The van der Waals surface area contributed by atoms with Crippen molar-refractivity contribution in [3.63, 3.8) is 0 Å². The molecule has 0 saturated heterocycles. The van der Waals surface area contributed by atoms with Gasteiger partial charge in [-0.05, 0) is 29.9 Å². The maximum absolute atomic E-state index is 12.7. The standard InChI is InChI=1S/C17H14N2OS/c20-16-14(11-13-7-3-1-4-8-13)12-18-17(21)19(16)15-9-5-2-6-10-15/h1-10,12H,11H2,(H,18,21). The summed E-state index contributed by atoms with van der Waals surface area (Å²) < 4.78 is 1.94. The molecule has 0 aliphatic carbocycles. The number of para-hydroxylation sites is 1. The smallest absolute Gasteiger partial charge is 0.262 e. The maximum atomic E-state index is 12.7. The Morgan fingerprint density at radius 3 is 2.24 bits per heavy atom. The average Bonchev–Trinajstić information content (AvgIpc) is 2.52. The summed E-state index contributed by atoms with van der Waals surface area (Å²) in [5.74, 6) is 0. The third kappa shape index (κ3) is 2.85. The minimum absolute atomic E-state index is 0.0752. The number of benzene rings is 2. The number of nitrogens with one attached hydrogen (secondary N) is 1. The molecule has 21 heavy (non-hydrogen) atoms. The van der Waals surface area contributed by atoms with Crippen LogP contribution in [0.15, 0.2) is 71.7 Å². The lowest BCUT2D eigenvalue weighted by atomic mass is 10.1. The summed E-state index contributed by atoms with van der Waals surface area (Å²) in [6.45, 7) is 0. The van der Waals surface area contributed by atoms with Crippen molar-refractivity contribution < 1.29 is 0 Å². The van der Waals surface area contributed by atoms with Crippen LogP contribution >= 0.6 is 12.2 Å². The first-order valence-corrected chi connectivity index (χ1v) is 7.09. The lowest BCUT2D eigenvalue weighted by molar-refractivity contribution is 0.879. The molecule has 0 spiro atoms. The van der Waals surface area contributed by atoms with Crippen LogP contribution in [0.2, 0.25) is 0 Å². The zero-order valence-corrected chi connectivity index (χ0v) is 12.1. The first-order chi connectivity index (χ1) is 10.3. The Labute approximate surface area is 127 Å². The quantitative estimate of drug-likeness (QED) is 0.751. The van der Waals surface area contributed by atoms with Crippen LogP contribution in [-0.2, 0) is 6.42 Å². The number of H-pyrrole nitrogens is 1. The van der Waals surface area contributed by atoms with Crippen LogP contribution in [0.4, 0.5) is 0 Å². The van der Waals surface area contributed by atoms with Crippen molar-refractivity contribution in [3.05, 3.63) is 93.1 Å². The topological polar surface area (TPSA) is 37.8 Å². The molecule has 1 heterocycles. The number of rotatable bonds is 3. The fourth-order valence-corrected chi connectivity index (χ4v) is 2.51. The average molecular weight is 294 g/mol. The van der Waals surface area contributed by atoms with E-state index >= 15 is 0 Å². The van der Waals surface area contributed by atoms with E-state index in [9.17, 15) is 4.79 Å². The summed E-state index contributed by atoms with van der Waals surface area (Å²) in [5, 5.41) is 0. The molecule has 0 amide bonds. The van der Waals surface area contributed by atoms with Gasteiger partial charge in [-0.3, -0.25) is 9.36 Å². The van der Waals surface area contributed by atoms with Crippen molar-refractivity contribution in [2.45, 2.75) is 6.42 Å². The van der Waals surface area contributed by atoms with Crippen molar-refractivity contribution in [3.8, 4) is 5.69 Å². The molecular formula is C17H14N2OS. The molecule has 1 N–H and O–H groups in total. The molecule has 2 aromatic carbocycles. The molecule has 0 saturated carbocycles. The number of nitrogens with zero attached hydrogens (tertiary/aromatic N) is 1. The second-order valence-electron chi connectivity index (χ2n) is 4.76. The first-order valence-electron chi connectivity index (χ1n) is 6.68. The Hall–Kier alpha value is -2.46. The minimum Gasteiger partial charge on any atom is -0.338 e. The van der Waals surface area contributed by atoms with Crippen molar-refractivity contribution in [1.82, 2.24) is 9.55 Å². The van der Waals surface area contributed by atoms with Gasteiger partial charge in [-0.25, -0.2) is 0 Å². The van der Waals surface area contributed by atoms with Gasteiger partial charge in [0.2, 0.25) is 0 Å². The van der Waals surface area contributed by atoms with E-state index in [0.29, 0.717) is 16.8 Å². The summed E-state index contributed by atoms with van der Waals surface area (Å²) in [4.78, 5) is 15.7. The molecule has 3 rings (SSSR count). The van der Waals surface area contributed by atoms with E-state index in [1.807, 2.05) is 60.7 Å². The Bertz CT molecular complexity index is 851. The van der Waals surface area contributed by atoms with Gasteiger partial charge in [-0.2, -0.15) is 0 Å². The van der Waals surface area contributed by atoms with Crippen LogP contribution in [0.25, 0.3) is 5.69 Å². The number of aromatic nitrogens is 2.